The number of hydrogen-bond acceptors (Lipinski definition) is 6. The summed E-state index contributed by atoms with van der Waals surface area (Å²) in [5.74, 6) is 1.37. The van der Waals surface area contributed by atoms with Crippen LogP contribution >= 0.6 is 22.7 Å². The lowest BCUT2D eigenvalue weighted by Gasteiger charge is -2.04. The summed E-state index contributed by atoms with van der Waals surface area (Å²) in [4.78, 5) is 18.6. The molecule has 0 fully saturated rings. The van der Waals surface area contributed by atoms with Gasteiger partial charge in [0.2, 0.25) is 4.96 Å². The van der Waals surface area contributed by atoms with Crippen molar-refractivity contribution in [1.29, 1.82) is 0 Å². The van der Waals surface area contributed by atoms with Crippen molar-refractivity contribution in [3.63, 3.8) is 0 Å². The van der Waals surface area contributed by atoms with Crippen molar-refractivity contribution in [2.24, 2.45) is 0 Å². The van der Waals surface area contributed by atoms with Gasteiger partial charge < -0.3 is 4.74 Å². The second kappa shape index (κ2) is 6.78. The minimum Gasteiger partial charge on any atom is -0.494 e. The summed E-state index contributed by atoms with van der Waals surface area (Å²) in [6.07, 6.45) is 2.85. The molecule has 126 valence electrons. The SMILES string of the molecule is CCCOc1ccc(-c2nc3s/c(=C\c4cccs4)c(=O)n3n2)cc1. The van der Waals surface area contributed by atoms with Gasteiger partial charge in [0.25, 0.3) is 5.56 Å². The third kappa shape index (κ3) is 3.20. The highest BCUT2D eigenvalue weighted by atomic mass is 32.1. The van der Waals surface area contributed by atoms with Crippen LogP contribution in [-0.4, -0.2) is 21.2 Å². The summed E-state index contributed by atoms with van der Waals surface area (Å²) in [7, 11) is 0. The molecule has 0 saturated heterocycles. The highest BCUT2D eigenvalue weighted by Crippen LogP contribution is 2.20. The third-order valence-corrected chi connectivity index (χ3v) is 5.36. The molecule has 5 nitrogen and oxygen atoms in total. The van der Waals surface area contributed by atoms with Crippen molar-refractivity contribution >= 4 is 33.7 Å². The van der Waals surface area contributed by atoms with E-state index in [1.165, 1.54) is 15.9 Å². The molecule has 0 radical (unpaired) electrons. The van der Waals surface area contributed by atoms with Crippen LogP contribution in [0.3, 0.4) is 0 Å². The van der Waals surface area contributed by atoms with Crippen molar-refractivity contribution in [3.8, 4) is 17.1 Å². The molecule has 0 N–H and O–H groups in total. The maximum atomic E-state index is 12.5. The number of aromatic nitrogens is 3. The molecule has 7 heteroatoms. The lowest BCUT2D eigenvalue weighted by atomic mass is 10.2. The van der Waals surface area contributed by atoms with Crippen LogP contribution in [0.5, 0.6) is 5.75 Å². The van der Waals surface area contributed by atoms with E-state index >= 15 is 0 Å². The largest absolute Gasteiger partial charge is 0.494 e. The topological polar surface area (TPSA) is 56.5 Å². The maximum Gasteiger partial charge on any atom is 0.291 e. The van der Waals surface area contributed by atoms with Gasteiger partial charge in [-0.3, -0.25) is 4.79 Å². The Morgan fingerprint density at radius 2 is 2.08 bits per heavy atom. The smallest absolute Gasteiger partial charge is 0.291 e. The Balaban J connectivity index is 1.67. The zero-order valence-corrected chi connectivity index (χ0v) is 15.1. The third-order valence-electron chi connectivity index (χ3n) is 3.58. The summed E-state index contributed by atoms with van der Waals surface area (Å²) in [5.41, 5.74) is 0.734. The molecule has 0 spiro atoms. The number of rotatable bonds is 5. The molecule has 0 saturated carbocycles. The van der Waals surface area contributed by atoms with Crippen molar-refractivity contribution in [2.45, 2.75) is 13.3 Å². The fraction of sp³-hybridized carbons (Fsp3) is 0.167. The van der Waals surface area contributed by atoms with Gasteiger partial charge in [-0.15, -0.1) is 16.4 Å². The molecule has 0 atom stereocenters. The summed E-state index contributed by atoms with van der Waals surface area (Å²) < 4.78 is 7.60. The number of nitrogens with zero attached hydrogens (tertiary/aromatic N) is 3. The van der Waals surface area contributed by atoms with E-state index in [4.69, 9.17) is 4.74 Å². The number of thiazole rings is 1. The predicted octanol–water partition coefficient (Wildman–Crippen LogP) is 3.22. The fourth-order valence-corrected chi connectivity index (χ4v) is 4.01. The van der Waals surface area contributed by atoms with E-state index < -0.39 is 0 Å². The lowest BCUT2D eigenvalue weighted by Crippen LogP contribution is -2.23. The molecule has 3 aromatic heterocycles. The van der Waals surface area contributed by atoms with E-state index in [1.54, 1.807) is 11.3 Å². The molecular formula is C18H15N3O2S2. The van der Waals surface area contributed by atoms with Gasteiger partial charge in [-0.05, 0) is 48.2 Å². The molecule has 0 aliphatic carbocycles. The van der Waals surface area contributed by atoms with Crippen LogP contribution in [0.1, 0.15) is 18.2 Å². The van der Waals surface area contributed by atoms with Crippen LogP contribution in [0.15, 0.2) is 46.6 Å². The van der Waals surface area contributed by atoms with E-state index in [9.17, 15) is 4.79 Å². The number of thiophene rings is 1. The van der Waals surface area contributed by atoms with E-state index in [0.29, 0.717) is 21.9 Å². The van der Waals surface area contributed by atoms with Gasteiger partial charge in [0.15, 0.2) is 5.82 Å². The fourth-order valence-electron chi connectivity index (χ4n) is 2.38. The molecule has 0 amide bonds. The first kappa shape index (κ1) is 16.0. The minimum atomic E-state index is -0.130. The maximum absolute atomic E-state index is 12.5. The Bertz CT molecular complexity index is 1100. The number of fused-ring (bicyclic) bond motifs is 1. The Labute approximate surface area is 151 Å². The minimum absolute atomic E-state index is 0.130. The average Bonchev–Trinajstić information content (AvgIpc) is 3.34. The molecule has 0 aliphatic heterocycles. The van der Waals surface area contributed by atoms with Crippen molar-refractivity contribution < 1.29 is 4.74 Å². The molecule has 0 unspecified atom stereocenters. The first-order valence-electron chi connectivity index (χ1n) is 7.92. The van der Waals surface area contributed by atoms with Crippen molar-refractivity contribution in [3.05, 3.63) is 61.5 Å². The normalized spacial score (nSPS) is 12.1. The van der Waals surface area contributed by atoms with Crippen molar-refractivity contribution in [2.75, 3.05) is 6.61 Å². The monoisotopic (exact) mass is 369 g/mol. The van der Waals surface area contributed by atoms with Crippen LogP contribution in [0.4, 0.5) is 0 Å². The molecule has 0 aliphatic rings. The average molecular weight is 369 g/mol. The van der Waals surface area contributed by atoms with E-state index in [1.807, 2.05) is 47.9 Å². The van der Waals surface area contributed by atoms with Gasteiger partial charge in [0, 0.05) is 10.4 Å². The zero-order valence-electron chi connectivity index (χ0n) is 13.5. The summed E-state index contributed by atoms with van der Waals surface area (Å²) in [6, 6.07) is 11.6. The quantitative estimate of drug-likeness (QED) is 0.542. The number of benzene rings is 1. The van der Waals surface area contributed by atoms with Crippen LogP contribution in [0.25, 0.3) is 22.4 Å². The highest BCUT2D eigenvalue weighted by Gasteiger charge is 2.12. The summed E-state index contributed by atoms with van der Waals surface area (Å²) >= 11 is 2.95. The molecule has 3 heterocycles. The first-order valence-corrected chi connectivity index (χ1v) is 9.62. The Morgan fingerprint density at radius 1 is 1.24 bits per heavy atom. The molecular weight excluding hydrogens is 354 g/mol. The van der Waals surface area contributed by atoms with Crippen molar-refractivity contribution in [1.82, 2.24) is 14.6 Å². The molecule has 25 heavy (non-hydrogen) atoms. The van der Waals surface area contributed by atoms with Crippen LogP contribution in [0.2, 0.25) is 0 Å². The van der Waals surface area contributed by atoms with Crippen LogP contribution < -0.4 is 14.8 Å². The second-order valence-electron chi connectivity index (χ2n) is 5.43. The standard InChI is InChI=1S/C18H15N3O2S2/c1-2-9-23-13-7-5-12(6-8-13)16-19-18-21(20-16)17(22)15(25-18)11-14-4-3-10-24-14/h3-8,10-11H,2,9H2,1H3/b15-11-. The molecule has 4 aromatic rings. The molecule has 4 rings (SSSR count). The number of ether oxygens (including phenoxy) is 1. The van der Waals surface area contributed by atoms with E-state index in [2.05, 4.69) is 17.0 Å². The highest BCUT2D eigenvalue weighted by molar-refractivity contribution is 7.15. The summed E-state index contributed by atoms with van der Waals surface area (Å²) in [5, 5.41) is 6.36. The zero-order chi connectivity index (χ0) is 17.2. The number of hydrogen-bond donors (Lipinski definition) is 0. The lowest BCUT2D eigenvalue weighted by molar-refractivity contribution is 0.317. The van der Waals surface area contributed by atoms with Gasteiger partial charge in [-0.25, -0.2) is 0 Å². The Kier molecular flexibility index (Phi) is 4.33. The van der Waals surface area contributed by atoms with E-state index in [0.717, 1.165) is 22.6 Å². The van der Waals surface area contributed by atoms with E-state index in [-0.39, 0.29) is 5.56 Å². The van der Waals surface area contributed by atoms with Crippen LogP contribution in [-0.2, 0) is 0 Å². The van der Waals surface area contributed by atoms with Gasteiger partial charge >= 0.3 is 0 Å². The van der Waals surface area contributed by atoms with Gasteiger partial charge in [-0.2, -0.15) is 9.50 Å². The molecule has 1 aromatic carbocycles. The van der Waals surface area contributed by atoms with Gasteiger partial charge in [0.05, 0.1) is 11.1 Å². The van der Waals surface area contributed by atoms with Crippen LogP contribution in [0, 0.1) is 0 Å². The first-order chi connectivity index (χ1) is 12.2. The Morgan fingerprint density at radius 3 is 2.76 bits per heavy atom. The Hall–Kier alpha value is -2.51. The summed E-state index contributed by atoms with van der Waals surface area (Å²) in [6.45, 7) is 2.77. The predicted molar refractivity (Wildman–Crippen MR) is 101 cm³/mol. The molecule has 0 bridgehead atoms. The van der Waals surface area contributed by atoms with Gasteiger partial charge in [0.1, 0.15) is 5.75 Å². The second-order valence-corrected chi connectivity index (χ2v) is 7.42. The van der Waals surface area contributed by atoms with Gasteiger partial charge in [-0.1, -0.05) is 24.3 Å².